The van der Waals surface area contributed by atoms with E-state index in [4.69, 9.17) is 4.55 Å². The van der Waals surface area contributed by atoms with Gasteiger partial charge in [0.2, 0.25) is 5.91 Å². The van der Waals surface area contributed by atoms with Crippen molar-refractivity contribution in [3.8, 4) is 0 Å². The Morgan fingerprint density at radius 2 is 2.07 bits per heavy atom. The average Bonchev–Trinajstić information content (AvgIpc) is 2.05. The predicted molar refractivity (Wildman–Crippen MR) is 55.0 cm³/mol. The molecule has 0 heterocycles. The summed E-state index contributed by atoms with van der Waals surface area (Å²) in [5.74, 6) is -0.326. The third-order valence-electron chi connectivity index (χ3n) is 1.67. The van der Waals surface area contributed by atoms with Crippen molar-refractivity contribution in [2.24, 2.45) is 0 Å². The lowest BCUT2D eigenvalue weighted by atomic mass is 10.2. The van der Waals surface area contributed by atoms with Gasteiger partial charge in [-0.2, -0.15) is 8.42 Å². The quantitative estimate of drug-likeness (QED) is 0.742. The largest absolute Gasteiger partial charge is 0.326 e. The Morgan fingerprint density at radius 3 is 2.53 bits per heavy atom. The highest BCUT2D eigenvalue weighted by Gasteiger charge is 2.13. The third kappa shape index (κ3) is 3.03. The van der Waals surface area contributed by atoms with E-state index in [0.29, 0.717) is 5.69 Å². The number of anilines is 1. The van der Waals surface area contributed by atoms with E-state index in [1.54, 1.807) is 0 Å². The molecule has 0 aliphatic rings. The van der Waals surface area contributed by atoms with Gasteiger partial charge in [0.25, 0.3) is 10.1 Å². The van der Waals surface area contributed by atoms with Crippen molar-refractivity contribution in [2.75, 3.05) is 5.32 Å². The molecule has 0 saturated carbocycles. The smallest absolute Gasteiger partial charge is 0.294 e. The Balaban J connectivity index is 3.23. The van der Waals surface area contributed by atoms with Crippen LogP contribution >= 0.6 is 0 Å². The Bertz CT molecular complexity index is 493. The zero-order valence-corrected chi connectivity index (χ0v) is 8.84. The molecule has 1 rings (SSSR count). The molecule has 5 nitrogen and oxygen atoms in total. The number of amides is 1. The molecular weight excluding hydrogens is 218 g/mol. The maximum absolute atomic E-state index is 10.9. The molecule has 1 radical (unpaired) electrons. The van der Waals surface area contributed by atoms with Crippen LogP contribution in [0.5, 0.6) is 0 Å². The van der Waals surface area contributed by atoms with Crippen LogP contribution in [-0.2, 0) is 14.9 Å². The molecule has 0 bridgehead atoms. The summed E-state index contributed by atoms with van der Waals surface area (Å²) in [5, 5.41) is 2.40. The van der Waals surface area contributed by atoms with Crippen molar-refractivity contribution < 1.29 is 17.8 Å². The number of rotatable bonds is 2. The van der Waals surface area contributed by atoms with Crippen LogP contribution in [-0.4, -0.2) is 18.9 Å². The fourth-order valence-electron chi connectivity index (χ4n) is 1.08. The molecule has 0 aliphatic carbocycles. The van der Waals surface area contributed by atoms with E-state index in [0.717, 1.165) is 6.07 Å². The maximum atomic E-state index is 10.9. The molecule has 1 aromatic carbocycles. The van der Waals surface area contributed by atoms with E-state index in [-0.39, 0.29) is 16.4 Å². The molecule has 2 N–H and O–H groups in total. The normalized spacial score (nSPS) is 11.1. The Hall–Kier alpha value is -1.40. The van der Waals surface area contributed by atoms with Crippen molar-refractivity contribution in [1.82, 2.24) is 0 Å². The lowest BCUT2D eigenvalue weighted by molar-refractivity contribution is -0.114. The second kappa shape index (κ2) is 4.00. The van der Waals surface area contributed by atoms with Gasteiger partial charge >= 0.3 is 0 Å². The minimum atomic E-state index is -4.31. The van der Waals surface area contributed by atoms with Gasteiger partial charge in [0.1, 0.15) is 0 Å². The van der Waals surface area contributed by atoms with Gasteiger partial charge in [0.05, 0.1) is 4.90 Å². The van der Waals surface area contributed by atoms with Crippen LogP contribution in [0.15, 0.2) is 23.1 Å². The highest BCUT2D eigenvalue weighted by Crippen LogP contribution is 2.19. The van der Waals surface area contributed by atoms with Crippen molar-refractivity contribution in [3.63, 3.8) is 0 Å². The summed E-state index contributed by atoms with van der Waals surface area (Å²) in [4.78, 5) is 10.4. The monoisotopic (exact) mass is 228 g/mol. The molecular formula is C9H10NO4S. The Morgan fingerprint density at radius 1 is 1.47 bits per heavy atom. The van der Waals surface area contributed by atoms with Gasteiger partial charge in [0.15, 0.2) is 0 Å². The molecule has 0 aliphatic heterocycles. The number of hydrogen-bond donors (Lipinski definition) is 2. The molecule has 0 atom stereocenters. The predicted octanol–water partition coefficient (Wildman–Crippen LogP) is 1.07. The Labute approximate surface area is 87.9 Å². The number of carbonyl (C=O) groups is 1. The summed E-state index contributed by atoms with van der Waals surface area (Å²) in [6.45, 7) is 4.75. The van der Waals surface area contributed by atoms with Crippen molar-refractivity contribution in [1.29, 1.82) is 0 Å². The molecule has 15 heavy (non-hydrogen) atoms. The number of carbonyl (C=O) groups excluding carboxylic acids is 1. The highest BCUT2D eigenvalue weighted by molar-refractivity contribution is 7.85. The van der Waals surface area contributed by atoms with E-state index in [2.05, 4.69) is 12.2 Å². The third-order valence-corrected chi connectivity index (χ3v) is 2.60. The summed E-state index contributed by atoms with van der Waals surface area (Å²) >= 11 is 0. The fraction of sp³-hybridized carbons (Fsp3) is 0.111. The van der Waals surface area contributed by atoms with Crippen LogP contribution in [0.4, 0.5) is 5.69 Å². The van der Waals surface area contributed by atoms with Gasteiger partial charge in [-0.05, 0) is 24.6 Å². The highest BCUT2D eigenvalue weighted by atomic mass is 32.2. The topological polar surface area (TPSA) is 83.5 Å². The molecule has 1 amide bonds. The van der Waals surface area contributed by atoms with E-state index >= 15 is 0 Å². The molecule has 0 aromatic heterocycles. The van der Waals surface area contributed by atoms with Gasteiger partial charge in [-0.3, -0.25) is 9.35 Å². The molecule has 0 fully saturated rings. The van der Waals surface area contributed by atoms with Crippen LogP contribution in [0.2, 0.25) is 0 Å². The number of hydrogen-bond acceptors (Lipinski definition) is 3. The average molecular weight is 228 g/mol. The molecule has 81 valence electrons. The zero-order valence-electron chi connectivity index (χ0n) is 8.02. The van der Waals surface area contributed by atoms with Crippen LogP contribution in [0.1, 0.15) is 12.5 Å². The SMILES string of the molecule is [CH2]c1ccc(NC(C)=O)cc1S(=O)(=O)O. The van der Waals surface area contributed by atoms with Crippen LogP contribution < -0.4 is 5.32 Å². The summed E-state index contributed by atoms with van der Waals surface area (Å²) < 4.78 is 30.6. The van der Waals surface area contributed by atoms with Crippen molar-refractivity contribution >= 4 is 21.7 Å². The first-order chi connectivity index (χ1) is 6.80. The number of benzene rings is 1. The van der Waals surface area contributed by atoms with Gasteiger partial charge in [0, 0.05) is 12.6 Å². The van der Waals surface area contributed by atoms with E-state index < -0.39 is 10.1 Å². The van der Waals surface area contributed by atoms with Crippen molar-refractivity contribution in [3.05, 3.63) is 30.7 Å². The summed E-state index contributed by atoms with van der Waals surface area (Å²) in [5.41, 5.74) is 0.467. The summed E-state index contributed by atoms with van der Waals surface area (Å²) in [7, 11) is -4.31. The minimum absolute atomic E-state index is 0.173. The van der Waals surface area contributed by atoms with Crippen molar-refractivity contribution in [2.45, 2.75) is 11.8 Å². The van der Waals surface area contributed by atoms with Crippen LogP contribution in [0.25, 0.3) is 0 Å². The van der Waals surface area contributed by atoms with Gasteiger partial charge in [-0.25, -0.2) is 0 Å². The lowest BCUT2D eigenvalue weighted by Crippen LogP contribution is -2.08. The maximum Gasteiger partial charge on any atom is 0.294 e. The molecule has 6 heteroatoms. The van der Waals surface area contributed by atoms with E-state index in [9.17, 15) is 13.2 Å². The Kier molecular flexibility index (Phi) is 3.11. The first-order valence-corrected chi connectivity index (χ1v) is 5.46. The summed E-state index contributed by atoms with van der Waals surface area (Å²) in [6, 6.07) is 4.05. The molecule has 1 aromatic rings. The minimum Gasteiger partial charge on any atom is -0.326 e. The molecule has 0 unspecified atom stereocenters. The zero-order chi connectivity index (χ0) is 11.6. The van der Waals surface area contributed by atoms with Gasteiger partial charge in [-0.1, -0.05) is 6.07 Å². The second-order valence-electron chi connectivity index (χ2n) is 2.98. The lowest BCUT2D eigenvalue weighted by Gasteiger charge is -2.06. The van der Waals surface area contributed by atoms with E-state index in [1.807, 2.05) is 0 Å². The first-order valence-electron chi connectivity index (χ1n) is 4.02. The fourth-order valence-corrected chi connectivity index (χ4v) is 1.75. The summed E-state index contributed by atoms with van der Waals surface area (Å²) in [6.07, 6.45) is 0. The van der Waals surface area contributed by atoms with Gasteiger partial charge in [-0.15, -0.1) is 0 Å². The standard InChI is InChI=1S/C9H10NO4S/c1-6-3-4-8(10-7(2)11)5-9(6)15(12,13)14/h3-5H,1H2,2H3,(H,10,11)(H,12,13,14). The second-order valence-corrected chi connectivity index (χ2v) is 4.37. The molecule has 0 spiro atoms. The van der Waals surface area contributed by atoms with E-state index in [1.165, 1.54) is 19.1 Å². The molecule has 0 saturated heterocycles. The van der Waals surface area contributed by atoms with Crippen LogP contribution in [0.3, 0.4) is 0 Å². The van der Waals surface area contributed by atoms with Crippen LogP contribution in [0, 0.1) is 6.92 Å². The number of nitrogens with one attached hydrogen (secondary N) is 1. The first kappa shape index (κ1) is 11.7. The van der Waals surface area contributed by atoms with Gasteiger partial charge < -0.3 is 5.32 Å².